The number of nitrogens with zero attached hydrogens (tertiary/aromatic N) is 2. The number of urea groups is 2. The highest BCUT2D eigenvalue weighted by atomic mass is 35.5. The molecule has 18 heavy (non-hydrogen) atoms. The summed E-state index contributed by atoms with van der Waals surface area (Å²) in [6, 6.07) is 3.59. The van der Waals surface area contributed by atoms with Crippen LogP contribution in [0.2, 0.25) is 5.02 Å². The molecule has 1 aromatic rings. The second-order valence-corrected chi connectivity index (χ2v) is 5.70. The standard InChI is InChI=1S/C9H8ClN3O4S/c1-12-8(14)11-9(15)13(18(12,16)17)7-4-2-6(10)3-5-7/h2-5H,1H3,(H,11,14,15). The van der Waals surface area contributed by atoms with Crippen LogP contribution in [0.5, 0.6) is 0 Å². The normalized spacial score (nSPS) is 18.8. The van der Waals surface area contributed by atoms with Crippen molar-refractivity contribution in [2.75, 3.05) is 11.4 Å². The molecule has 96 valence electrons. The van der Waals surface area contributed by atoms with Crippen LogP contribution in [0.3, 0.4) is 0 Å². The molecule has 1 N–H and O–H groups in total. The fraction of sp³-hybridized carbons (Fsp3) is 0.111. The maximum atomic E-state index is 12.0. The number of nitrogens with one attached hydrogen (secondary N) is 1. The molecule has 0 unspecified atom stereocenters. The molecule has 0 bridgehead atoms. The largest absolute Gasteiger partial charge is 0.345 e. The molecule has 1 aliphatic heterocycles. The molecule has 0 aliphatic carbocycles. The van der Waals surface area contributed by atoms with Crippen molar-refractivity contribution in [2.24, 2.45) is 0 Å². The van der Waals surface area contributed by atoms with Crippen LogP contribution in [0.15, 0.2) is 24.3 Å². The second kappa shape index (κ2) is 4.14. The Bertz CT molecular complexity index is 613. The van der Waals surface area contributed by atoms with E-state index in [1.54, 1.807) is 0 Å². The van der Waals surface area contributed by atoms with Crippen LogP contribution in [0.4, 0.5) is 15.3 Å². The average Bonchev–Trinajstić information content (AvgIpc) is 2.29. The Hall–Kier alpha value is -1.80. The Labute approximate surface area is 108 Å². The Morgan fingerprint density at radius 2 is 1.67 bits per heavy atom. The molecule has 0 aromatic heterocycles. The summed E-state index contributed by atoms with van der Waals surface area (Å²) in [6.45, 7) is 0. The van der Waals surface area contributed by atoms with Gasteiger partial charge in [0.05, 0.1) is 5.69 Å². The van der Waals surface area contributed by atoms with Crippen molar-refractivity contribution in [3.63, 3.8) is 0 Å². The van der Waals surface area contributed by atoms with Crippen LogP contribution in [0.1, 0.15) is 0 Å². The summed E-state index contributed by atoms with van der Waals surface area (Å²) in [5.41, 5.74) is 0.0938. The number of rotatable bonds is 1. The van der Waals surface area contributed by atoms with Gasteiger partial charge in [-0.3, -0.25) is 5.32 Å². The lowest BCUT2D eigenvalue weighted by Crippen LogP contribution is -2.61. The van der Waals surface area contributed by atoms with Gasteiger partial charge in [-0.25, -0.2) is 13.9 Å². The zero-order chi connectivity index (χ0) is 13.5. The summed E-state index contributed by atoms with van der Waals surface area (Å²) >= 11 is 5.68. The van der Waals surface area contributed by atoms with E-state index in [1.807, 2.05) is 5.32 Å². The van der Waals surface area contributed by atoms with Crippen LogP contribution >= 0.6 is 11.6 Å². The van der Waals surface area contributed by atoms with Crippen molar-refractivity contribution in [1.29, 1.82) is 0 Å². The van der Waals surface area contributed by atoms with Gasteiger partial charge in [0.15, 0.2) is 0 Å². The fourth-order valence-corrected chi connectivity index (χ4v) is 2.65. The molecule has 7 nitrogen and oxygen atoms in total. The van der Waals surface area contributed by atoms with Crippen LogP contribution in [0, 0.1) is 0 Å². The maximum Gasteiger partial charge on any atom is 0.345 e. The fourth-order valence-electron chi connectivity index (χ4n) is 1.38. The van der Waals surface area contributed by atoms with Crippen molar-refractivity contribution < 1.29 is 18.0 Å². The minimum atomic E-state index is -4.20. The summed E-state index contributed by atoms with van der Waals surface area (Å²) in [5, 5.41) is 2.31. The van der Waals surface area contributed by atoms with Gasteiger partial charge in [-0.1, -0.05) is 11.6 Å². The highest BCUT2D eigenvalue weighted by Gasteiger charge is 2.41. The molecular weight excluding hydrogens is 282 g/mol. The number of anilines is 1. The molecule has 2 rings (SSSR count). The number of imide groups is 1. The van der Waals surface area contributed by atoms with Gasteiger partial charge in [-0.15, -0.1) is 0 Å². The lowest BCUT2D eigenvalue weighted by Gasteiger charge is -2.31. The van der Waals surface area contributed by atoms with E-state index in [4.69, 9.17) is 11.6 Å². The highest BCUT2D eigenvalue weighted by molar-refractivity contribution is 7.92. The van der Waals surface area contributed by atoms with Gasteiger partial charge in [0.25, 0.3) is 0 Å². The Kier molecular flexibility index (Phi) is 2.91. The highest BCUT2D eigenvalue weighted by Crippen LogP contribution is 2.24. The van der Waals surface area contributed by atoms with E-state index in [1.165, 1.54) is 24.3 Å². The second-order valence-electron chi connectivity index (χ2n) is 3.45. The lowest BCUT2D eigenvalue weighted by molar-refractivity contribution is 0.218. The quantitative estimate of drug-likeness (QED) is 0.840. The molecule has 0 spiro atoms. The first-order valence-electron chi connectivity index (χ1n) is 4.74. The van der Waals surface area contributed by atoms with Crippen molar-refractivity contribution in [3.8, 4) is 0 Å². The smallest absolute Gasteiger partial charge is 0.257 e. The Balaban J connectivity index is 2.52. The number of hydrogen-bond acceptors (Lipinski definition) is 4. The van der Waals surface area contributed by atoms with Crippen LogP contribution in [-0.4, -0.2) is 31.8 Å². The third-order valence-electron chi connectivity index (χ3n) is 2.32. The summed E-state index contributed by atoms with van der Waals surface area (Å²) < 4.78 is 24.9. The van der Waals surface area contributed by atoms with Crippen molar-refractivity contribution in [2.45, 2.75) is 0 Å². The predicted molar refractivity (Wildman–Crippen MR) is 64.5 cm³/mol. The summed E-state index contributed by atoms with van der Waals surface area (Å²) in [6.07, 6.45) is 0. The van der Waals surface area contributed by atoms with E-state index in [0.717, 1.165) is 7.05 Å². The first-order chi connectivity index (χ1) is 8.34. The zero-order valence-corrected chi connectivity index (χ0v) is 10.7. The van der Waals surface area contributed by atoms with Crippen LogP contribution in [-0.2, 0) is 10.2 Å². The van der Waals surface area contributed by atoms with Gasteiger partial charge in [0.2, 0.25) is 0 Å². The van der Waals surface area contributed by atoms with Gasteiger partial charge in [0, 0.05) is 12.1 Å². The van der Waals surface area contributed by atoms with Crippen molar-refractivity contribution in [3.05, 3.63) is 29.3 Å². The molecule has 4 amide bonds. The molecular formula is C9H8ClN3O4S. The van der Waals surface area contributed by atoms with Gasteiger partial charge in [-0.2, -0.15) is 12.7 Å². The third kappa shape index (κ3) is 1.89. The Morgan fingerprint density at radius 3 is 2.22 bits per heavy atom. The van der Waals surface area contributed by atoms with E-state index in [0.29, 0.717) is 13.6 Å². The van der Waals surface area contributed by atoms with Crippen LogP contribution in [0.25, 0.3) is 0 Å². The Morgan fingerprint density at radius 1 is 1.11 bits per heavy atom. The number of benzene rings is 1. The molecule has 0 radical (unpaired) electrons. The molecule has 1 fully saturated rings. The van der Waals surface area contributed by atoms with E-state index in [2.05, 4.69) is 0 Å². The number of carbonyl (C=O) groups is 2. The van der Waals surface area contributed by atoms with Gasteiger partial charge in [-0.05, 0) is 24.3 Å². The zero-order valence-electron chi connectivity index (χ0n) is 9.12. The molecule has 1 heterocycles. The summed E-state index contributed by atoms with van der Waals surface area (Å²) in [7, 11) is -3.15. The summed E-state index contributed by atoms with van der Waals surface area (Å²) in [5.74, 6) is 0. The number of carbonyl (C=O) groups excluding carboxylic acids is 2. The molecule has 0 saturated carbocycles. The maximum absolute atomic E-state index is 12.0. The SMILES string of the molecule is CN1C(=O)NC(=O)N(c2ccc(Cl)cc2)S1(=O)=O. The monoisotopic (exact) mass is 289 g/mol. The average molecular weight is 290 g/mol. The summed E-state index contributed by atoms with van der Waals surface area (Å²) in [4.78, 5) is 22.8. The third-order valence-corrected chi connectivity index (χ3v) is 4.27. The van der Waals surface area contributed by atoms with Crippen molar-refractivity contribution >= 4 is 39.6 Å². The van der Waals surface area contributed by atoms with E-state index >= 15 is 0 Å². The molecule has 0 atom stereocenters. The van der Waals surface area contributed by atoms with Gasteiger partial charge >= 0.3 is 22.3 Å². The molecule has 1 aromatic carbocycles. The lowest BCUT2D eigenvalue weighted by atomic mass is 10.3. The topological polar surface area (TPSA) is 86.8 Å². The molecule has 9 heteroatoms. The van der Waals surface area contributed by atoms with E-state index < -0.39 is 22.3 Å². The van der Waals surface area contributed by atoms with Gasteiger partial charge < -0.3 is 0 Å². The molecule has 1 saturated heterocycles. The van der Waals surface area contributed by atoms with Gasteiger partial charge in [0.1, 0.15) is 0 Å². The molecule has 1 aliphatic rings. The minimum absolute atomic E-state index is 0.0938. The predicted octanol–water partition coefficient (Wildman–Crippen LogP) is 1.17. The minimum Gasteiger partial charge on any atom is -0.257 e. The van der Waals surface area contributed by atoms with Crippen molar-refractivity contribution in [1.82, 2.24) is 9.62 Å². The number of halogens is 1. The first kappa shape index (κ1) is 12.7. The first-order valence-corrected chi connectivity index (χ1v) is 6.51. The van der Waals surface area contributed by atoms with Crippen LogP contribution < -0.4 is 9.62 Å². The van der Waals surface area contributed by atoms with E-state index in [-0.39, 0.29) is 5.69 Å². The number of hydrogen-bond donors (Lipinski definition) is 1. The number of amides is 4. The van der Waals surface area contributed by atoms with E-state index in [9.17, 15) is 18.0 Å².